The van der Waals surface area contributed by atoms with Crippen molar-refractivity contribution in [3.05, 3.63) is 92.3 Å². The average molecular weight is 613 g/mol. The first-order chi connectivity index (χ1) is 18.4. The number of rotatable bonds is 7. The predicted molar refractivity (Wildman–Crippen MR) is 151 cm³/mol. The Bertz CT molecular complexity index is 1340. The Kier molecular flexibility index (Phi) is 12.5. The summed E-state index contributed by atoms with van der Waals surface area (Å²) in [4.78, 5) is 26.5. The average Bonchev–Trinajstić information content (AvgIpc) is 2.81. The van der Waals surface area contributed by atoms with E-state index in [1.165, 1.54) is 12.1 Å². The van der Waals surface area contributed by atoms with Gasteiger partial charge in [-0.1, -0.05) is 65.3 Å². The number of aryl methyl sites for hydroxylation is 1. The van der Waals surface area contributed by atoms with Gasteiger partial charge < -0.3 is 20.1 Å². The number of carbonyl (C=O) groups is 1. The number of phenols is 1. The number of hydrogen-bond acceptors (Lipinski definition) is 8. The summed E-state index contributed by atoms with van der Waals surface area (Å²) < 4.78 is 0. The Labute approximate surface area is 252 Å². The fourth-order valence-corrected chi connectivity index (χ4v) is 4.37. The predicted octanol–water partition coefficient (Wildman–Crippen LogP) is 4.63. The third-order valence-corrected chi connectivity index (χ3v) is 6.21. The molecule has 0 saturated heterocycles. The van der Waals surface area contributed by atoms with E-state index < -0.39 is 16.3 Å². The molecule has 2 aromatic carbocycles. The standard InChI is InChI=1S/C29H37N3O4.C2H4O2.Cu/c1-19-12-20(26(33)24(13-19)28(2,3)4)16-31(18-22-10-8-9-11-30-22)17-21-14-23(32(35)36)15-25(27(21)34)29(5,6)7;1-2(3)4;/h8-15,33-34H,16-18H2,1-7H3;1H3,(H,3,4);/q;;+2/p-2. The van der Waals surface area contributed by atoms with Crippen LogP contribution in [0.4, 0.5) is 5.69 Å². The smallest absolute Gasteiger partial charge is 0.872 e. The Morgan fingerprint density at radius 1 is 0.951 bits per heavy atom. The molecule has 0 bridgehead atoms. The third-order valence-electron chi connectivity index (χ3n) is 6.21. The van der Waals surface area contributed by atoms with Crippen LogP contribution in [0.2, 0.25) is 0 Å². The fraction of sp³-hybridized carbons (Fsp3) is 0.419. The molecule has 1 aromatic heterocycles. The van der Waals surface area contributed by atoms with Gasteiger partial charge in [-0.2, -0.15) is 0 Å². The van der Waals surface area contributed by atoms with E-state index in [9.17, 15) is 20.3 Å². The number of aliphatic carboxylic acids is 1. The van der Waals surface area contributed by atoms with Crippen LogP contribution in [-0.4, -0.2) is 25.9 Å². The monoisotopic (exact) mass is 612 g/mol. The van der Waals surface area contributed by atoms with Crippen LogP contribution in [0.25, 0.3) is 0 Å². The van der Waals surface area contributed by atoms with Crippen molar-refractivity contribution in [3.8, 4) is 11.5 Å². The van der Waals surface area contributed by atoms with Gasteiger partial charge in [-0.3, -0.25) is 20.0 Å². The molecule has 225 valence electrons. The molecule has 10 heteroatoms. The van der Waals surface area contributed by atoms with Crippen molar-refractivity contribution in [2.75, 3.05) is 0 Å². The number of nitrogens with zero attached hydrogens (tertiary/aromatic N) is 3. The van der Waals surface area contributed by atoms with Crippen molar-refractivity contribution in [1.82, 2.24) is 9.88 Å². The second-order valence-electron chi connectivity index (χ2n) is 12.0. The van der Waals surface area contributed by atoms with Crippen molar-refractivity contribution in [2.45, 2.75) is 85.9 Å². The fourth-order valence-electron chi connectivity index (χ4n) is 4.37. The van der Waals surface area contributed by atoms with Crippen molar-refractivity contribution < 1.29 is 42.1 Å². The second kappa shape index (κ2) is 14.4. The van der Waals surface area contributed by atoms with Gasteiger partial charge in [0, 0.05) is 49.5 Å². The minimum atomic E-state index is -1.08. The van der Waals surface area contributed by atoms with Gasteiger partial charge >= 0.3 is 17.1 Å². The molecule has 0 spiro atoms. The van der Waals surface area contributed by atoms with E-state index in [1.807, 2.05) is 62.9 Å². The molecular weight excluding hydrogens is 574 g/mol. The van der Waals surface area contributed by atoms with Crippen LogP contribution in [0.3, 0.4) is 0 Å². The van der Waals surface area contributed by atoms with E-state index in [4.69, 9.17) is 9.90 Å². The number of phenolic OH excluding ortho intramolecular Hbond substituents is 1. The van der Waals surface area contributed by atoms with Crippen LogP contribution in [-0.2, 0) is 52.3 Å². The number of pyridine rings is 1. The van der Waals surface area contributed by atoms with Gasteiger partial charge in [-0.25, -0.2) is 0 Å². The Morgan fingerprint density at radius 3 is 2.00 bits per heavy atom. The Hall–Kier alpha value is -3.46. The molecule has 0 atom stereocenters. The number of nitro benzene ring substituents is 1. The van der Waals surface area contributed by atoms with Crippen molar-refractivity contribution in [3.63, 3.8) is 0 Å². The number of aromatic hydroxyl groups is 1. The first kappa shape index (κ1) is 35.6. The van der Waals surface area contributed by atoms with Crippen LogP contribution in [0, 0.1) is 17.0 Å². The SMILES string of the molecule is CC(=O)[O-].Cc1cc(CN(Cc2ccccn2)Cc2cc([N+](=O)[O-])cc(C(C)(C)C)c2[O-])c(O)c(C(C)(C)C)c1.[Cu+2]. The minimum absolute atomic E-state index is 0. The number of hydrogen-bond donors (Lipinski definition) is 1. The molecule has 0 fully saturated rings. The molecule has 0 unspecified atom stereocenters. The Morgan fingerprint density at radius 2 is 1.51 bits per heavy atom. The normalized spacial score (nSPS) is 11.3. The third kappa shape index (κ3) is 10.5. The topological polar surface area (TPSA) is 143 Å². The number of carboxylic acids is 1. The first-order valence-corrected chi connectivity index (χ1v) is 13.0. The Balaban J connectivity index is 0.00000157. The molecule has 0 amide bonds. The summed E-state index contributed by atoms with van der Waals surface area (Å²) in [5, 5.41) is 45.1. The van der Waals surface area contributed by atoms with Crippen LogP contribution < -0.4 is 10.2 Å². The zero-order valence-corrected chi connectivity index (χ0v) is 25.8. The van der Waals surface area contributed by atoms with E-state index >= 15 is 0 Å². The zero-order chi connectivity index (χ0) is 30.4. The maximum Gasteiger partial charge on any atom is 2.00 e. The number of carbonyl (C=O) groups excluding carboxylic acids is 1. The summed E-state index contributed by atoms with van der Waals surface area (Å²) in [5.74, 6) is -1.04. The molecule has 0 aliphatic carbocycles. The summed E-state index contributed by atoms with van der Waals surface area (Å²) in [7, 11) is 0. The number of carboxylic acid groups (broad SMARTS) is 1. The second-order valence-corrected chi connectivity index (χ2v) is 12.0. The first-order valence-electron chi connectivity index (χ1n) is 13.0. The van der Waals surface area contributed by atoms with Crippen molar-refractivity contribution in [2.24, 2.45) is 0 Å². The molecular formula is C31H39CuN3O6. The summed E-state index contributed by atoms with van der Waals surface area (Å²) in [6.07, 6.45) is 1.71. The van der Waals surface area contributed by atoms with Gasteiger partial charge in [-0.15, -0.1) is 5.75 Å². The molecule has 3 rings (SSSR count). The van der Waals surface area contributed by atoms with E-state index in [0.29, 0.717) is 24.2 Å². The minimum Gasteiger partial charge on any atom is -0.872 e. The van der Waals surface area contributed by atoms with E-state index in [2.05, 4.69) is 25.8 Å². The largest absolute Gasteiger partial charge is 2.00 e. The van der Waals surface area contributed by atoms with Gasteiger partial charge in [-0.05, 0) is 53.5 Å². The van der Waals surface area contributed by atoms with E-state index in [1.54, 1.807) is 6.20 Å². The number of aromatic nitrogens is 1. The maximum absolute atomic E-state index is 13.4. The molecule has 1 radical (unpaired) electrons. The van der Waals surface area contributed by atoms with Crippen molar-refractivity contribution in [1.29, 1.82) is 0 Å². The summed E-state index contributed by atoms with van der Waals surface area (Å²) in [6, 6.07) is 12.3. The number of benzene rings is 2. The van der Waals surface area contributed by atoms with Gasteiger partial charge in [0.05, 0.1) is 10.6 Å². The number of non-ortho nitro benzene ring substituents is 1. The quantitative estimate of drug-likeness (QED) is 0.231. The van der Waals surface area contributed by atoms with Crippen LogP contribution in [0.1, 0.15) is 82.0 Å². The summed E-state index contributed by atoms with van der Waals surface area (Å²) in [6.45, 7) is 15.7. The molecule has 9 nitrogen and oxygen atoms in total. The molecule has 0 aliphatic heterocycles. The maximum atomic E-state index is 13.4. The molecule has 0 aliphatic rings. The zero-order valence-electron chi connectivity index (χ0n) is 24.9. The van der Waals surface area contributed by atoms with Gasteiger partial charge in [0.15, 0.2) is 0 Å². The van der Waals surface area contributed by atoms with Gasteiger partial charge in [0.25, 0.3) is 5.69 Å². The molecule has 0 saturated carbocycles. The molecule has 1 heterocycles. The van der Waals surface area contributed by atoms with E-state index in [-0.39, 0.29) is 46.2 Å². The molecule has 3 aromatic rings. The summed E-state index contributed by atoms with van der Waals surface area (Å²) >= 11 is 0. The summed E-state index contributed by atoms with van der Waals surface area (Å²) in [5.41, 5.74) is 3.30. The van der Waals surface area contributed by atoms with Crippen molar-refractivity contribution >= 4 is 11.7 Å². The molecule has 41 heavy (non-hydrogen) atoms. The van der Waals surface area contributed by atoms with Crippen LogP contribution in [0.15, 0.2) is 48.7 Å². The van der Waals surface area contributed by atoms with Gasteiger partial charge in [0.2, 0.25) is 0 Å². The van der Waals surface area contributed by atoms with Crippen LogP contribution in [0.5, 0.6) is 11.5 Å². The number of nitro groups is 1. The van der Waals surface area contributed by atoms with Gasteiger partial charge in [0.1, 0.15) is 5.75 Å². The van der Waals surface area contributed by atoms with Crippen LogP contribution >= 0.6 is 0 Å². The van der Waals surface area contributed by atoms with E-state index in [0.717, 1.165) is 29.3 Å². The molecule has 1 N–H and O–H groups in total.